The topological polar surface area (TPSA) is 93.1 Å². The van der Waals surface area contributed by atoms with Crippen LogP contribution in [0.15, 0.2) is 41.2 Å². The van der Waals surface area contributed by atoms with Crippen molar-refractivity contribution in [3.8, 4) is 0 Å². The van der Waals surface area contributed by atoms with Crippen molar-refractivity contribution in [1.29, 1.82) is 0 Å². The van der Waals surface area contributed by atoms with E-state index in [1.54, 1.807) is 16.7 Å². The number of carbonyl (C=O) groups is 2. The summed E-state index contributed by atoms with van der Waals surface area (Å²) in [6, 6.07) is 7.52. The van der Waals surface area contributed by atoms with Gasteiger partial charge < -0.3 is 10.6 Å². The van der Waals surface area contributed by atoms with Crippen LogP contribution in [0.25, 0.3) is 10.9 Å². The Morgan fingerprint density at radius 3 is 2.61 bits per heavy atom. The van der Waals surface area contributed by atoms with Crippen LogP contribution in [0, 0.1) is 11.6 Å². The Labute approximate surface area is 176 Å². The predicted octanol–water partition coefficient (Wildman–Crippen LogP) is 3.37. The molecule has 2 N–H and O–H groups in total. The molecule has 0 atom stereocenters. The first kappa shape index (κ1) is 20.6. The van der Waals surface area contributed by atoms with Crippen molar-refractivity contribution in [2.24, 2.45) is 0 Å². The maximum Gasteiger partial charge on any atom is 0.261 e. The lowest BCUT2D eigenvalue weighted by Crippen LogP contribution is -2.25. The minimum Gasteiger partial charge on any atom is -0.326 e. The number of rotatable bonds is 4. The Kier molecular flexibility index (Phi) is 5.75. The fraction of sp³-hybridized carbons (Fsp3) is 0.273. The molecule has 7 nitrogen and oxygen atoms in total. The van der Waals surface area contributed by atoms with Gasteiger partial charge in [-0.15, -0.1) is 0 Å². The fourth-order valence-electron chi connectivity index (χ4n) is 3.63. The van der Waals surface area contributed by atoms with Gasteiger partial charge in [-0.3, -0.25) is 19.0 Å². The van der Waals surface area contributed by atoms with Gasteiger partial charge in [-0.05, 0) is 43.2 Å². The van der Waals surface area contributed by atoms with Gasteiger partial charge in [0.1, 0.15) is 23.9 Å². The second-order valence-corrected chi connectivity index (χ2v) is 7.42. The summed E-state index contributed by atoms with van der Waals surface area (Å²) in [4.78, 5) is 41.7. The van der Waals surface area contributed by atoms with E-state index in [0.717, 1.165) is 43.6 Å². The SMILES string of the molecule is O=C(CC(=O)Nc1ccc(F)cc1F)Nc1ccc2nc3n(c(=O)c2c1)CCCCC3. The molecule has 3 aromatic rings. The van der Waals surface area contributed by atoms with Crippen molar-refractivity contribution in [3.05, 3.63) is 64.2 Å². The maximum atomic E-state index is 13.6. The third-order valence-corrected chi connectivity index (χ3v) is 5.13. The molecular formula is C22H20F2N4O3. The Morgan fingerprint density at radius 2 is 1.81 bits per heavy atom. The number of benzene rings is 2. The highest BCUT2D eigenvalue weighted by atomic mass is 19.1. The van der Waals surface area contributed by atoms with Gasteiger partial charge in [0.15, 0.2) is 0 Å². The number of fused-ring (bicyclic) bond motifs is 2. The molecule has 1 aromatic heterocycles. The van der Waals surface area contributed by atoms with Crippen LogP contribution < -0.4 is 16.2 Å². The summed E-state index contributed by atoms with van der Waals surface area (Å²) in [5.74, 6) is -2.32. The molecule has 0 fully saturated rings. The molecule has 0 unspecified atom stereocenters. The lowest BCUT2D eigenvalue weighted by Gasteiger charge is -2.11. The van der Waals surface area contributed by atoms with Crippen molar-refractivity contribution in [2.75, 3.05) is 10.6 Å². The van der Waals surface area contributed by atoms with Crippen molar-refractivity contribution >= 4 is 34.1 Å². The number of aryl methyl sites for hydroxylation is 1. The molecule has 2 amide bonds. The van der Waals surface area contributed by atoms with Gasteiger partial charge in [-0.25, -0.2) is 13.8 Å². The Bertz CT molecular complexity index is 1240. The zero-order chi connectivity index (χ0) is 22.0. The largest absolute Gasteiger partial charge is 0.326 e. The fourth-order valence-corrected chi connectivity index (χ4v) is 3.63. The number of halogens is 2. The highest BCUT2D eigenvalue weighted by molar-refractivity contribution is 6.08. The number of aromatic nitrogens is 2. The second kappa shape index (κ2) is 8.63. The number of nitrogens with zero attached hydrogens (tertiary/aromatic N) is 2. The molecule has 0 aliphatic carbocycles. The molecular weight excluding hydrogens is 406 g/mol. The monoisotopic (exact) mass is 426 g/mol. The van der Waals surface area contributed by atoms with Gasteiger partial charge in [-0.2, -0.15) is 0 Å². The van der Waals surface area contributed by atoms with Crippen molar-refractivity contribution < 1.29 is 18.4 Å². The van der Waals surface area contributed by atoms with E-state index in [2.05, 4.69) is 15.6 Å². The minimum atomic E-state index is -0.935. The summed E-state index contributed by atoms with van der Waals surface area (Å²) in [5, 5.41) is 5.18. The molecule has 9 heteroatoms. The first-order chi connectivity index (χ1) is 14.9. The van der Waals surface area contributed by atoms with Gasteiger partial charge in [0.2, 0.25) is 11.8 Å². The predicted molar refractivity (Wildman–Crippen MR) is 112 cm³/mol. The summed E-state index contributed by atoms with van der Waals surface area (Å²) in [6.07, 6.45) is 3.14. The van der Waals surface area contributed by atoms with Crippen molar-refractivity contribution in [3.63, 3.8) is 0 Å². The van der Waals surface area contributed by atoms with E-state index in [4.69, 9.17) is 0 Å². The van der Waals surface area contributed by atoms with Gasteiger partial charge in [0, 0.05) is 24.7 Å². The molecule has 0 radical (unpaired) electrons. The Hall–Kier alpha value is -3.62. The summed E-state index contributed by atoms with van der Waals surface area (Å²) < 4.78 is 28.3. The number of amides is 2. The maximum absolute atomic E-state index is 13.6. The van der Waals surface area contributed by atoms with E-state index in [0.29, 0.717) is 29.2 Å². The standard InChI is InChI=1S/C22H20F2N4O3/c23-13-5-7-18(16(24)10-13)27-21(30)12-20(29)25-14-6-8-17-15(11-14)22(31)28-9-3-1-2-4-19(28)26-17/h5-8,10-11H,1-4,9,12H2,(H,25,29)(H,27,30). The summed E-state index contributed by atoms with van der Waals surface area (Å²) >= 11 is 0. The van der Waals surface area contributed by atoms with Crippen LogP contribution in [-0.2, 0) is 22.6 Å². The van der Waals surface area contributed by atoms with E-state index < -0.39 is 29.9 Å². The van der Waals surface area contributed by atoms with Crippen LogP contribution in [0.1, 0.15) is 31.5 Å². The summed E-state index contributed by atoms with van der Waals surface area (Å²) in [7, 11) is 0. The van der Waals surface area contributed by atoms with Gasteiger partial charge in [-0.1, -0.05) is 6.42 Å². The molecule has 2 heterocycles. The molecule has 1 aliphatic rings. The Balaban J connectivity index is 1.47. The van der Waals surface area contributed by atoms with E-state index in [-0.39, 0.29) is 11.2 Å². The van der Waals surface area contributed by atoms with Crippen LogP contribution in [-0.4, -0.2) is 21.4 Å². The first-order valence-electron chi connectivity index (χ1n) is 9.99. The van der Waals surface area contributed by atoms with Crippen LogP contribution in [0.3, 0.4) is 0 Å². The molecule has 0 bridgehead atoms. The number of nitrogens with one attached hydrogen (secondary N) is 2. The molecule has 4 rings (SSSR count). The lowest BCUT2D eigenvalue weighted by molar-refractivity contribution is -0.123. The average molecular weight is 426 g/mol. The van der Waals surface area contributed by atoms with Gasteiger partial charge in [0.05, 0.1) is 16.6 Å². The van der Waals surface area contributed by atoms with Crippen LogP contribution in [0.4, 0.5) is 20.2 Å². The molecule has 1 aliphatic heterocycles. The molecule has 0 spiro atoms. The lowest BCUT2D eigenvalue weighted by atomic mass is 10.2. The normalized spacial score (nSPS) is 13.4. The highest BCUT2D eigenvalue weighted by Gasteiger charge is 2.16. The summed E-state index contributed by atoms with van der Waals surface area (Å²) in [6.45, 7) is 0.619. The molecule has 2 aromatic carbocycles. The highest BCUT2D eigenvalue weighted by Crippen LogP contribution is 2.19. The third kappa shape index (κ3) is 4.60. The van der Waals surface area contributed by atoms with Gasteiger partial charge >= 0.3 is 0 Å². The molecule has 0 saturated heterocycles. The Morgan fingerprint density at radius 1 is 1.00 bits per heavy atom. The molecule has 160 valence electrons. The van der Waals surface area contributed by atoms with Crippen molar-refractivity contribution in [2.45, 2.75) is 38.6 Å². The second-order valence-electron chi connectivity index (χ2n) is 7.42. The van der Waals surface area contributed by atoms with E-state index in [9.17, 15) is 23.2 Å². The van der Waals surface area contributed by atoms with Gasteiger partial charge in [0.25, 0.3) is 5.56 Å². The van der Waals surface area contributed by atoms with Crippen LogP contribution >= 0.6 is 0 Å². The van der Waals surface area contributed by atoms with E-state index in [1.807, 2.05) is 0 Å². The number of hydrogen-bond acceptors (Lipinski definition) is 4. The zero-order valence-corrected chi connectivity index (χ0v) is 16.6. The minimum absolute atomic E-state index is 0.150. The van der Waals surface area contributed by atoms with Crippen molar-refractivity contribution in [1.82, 2.24) is 9.55 Å². The summed E-state index contributed by atoms with van der Waals surface area (Å²) in [5.41, 5.74) is 0.541. The molecule has 31 heavy (non-hydrogen) atoms. The number of hydrogen-bond donors (Lipinski definition) is 2. The number of carbonyl (C=O) groups excluding carboxylic acids is 2. The third-order valence-electron chi connectivity index (χ3n) is 5.13. The smallest absolute Gasteiger partial charge is 0.261 e. The van der Waals surface area contributed by atoms with Crippen LogP contribution in [0.5, 0.6) is 0 Å². The quantitative estimate of drug-likeness (QED) is 0.626. The van der Waals surface area contributed by atoms with E-state index in [1.165, 1.54) is 6.07 Å². The first-order valence-corrected chi connectivity index (χ1v) is 9.99. The van der Waals surface area contributed by atoms with Crippen LogP contribution in [0.2, 0.25) is 0 Å². The number of anilines is 2. The molecule has 0 saturated carbocycles. The zero-order valence-electron chi connectivity index (χ0n) is 16.6. The average Bonchev–Trinajstić information content (AvgIpc) is 2.96. The van der Waals surface area contributed by atoms with E-state index >= 15 is 0 Å².